The summed E-state index contributed by atoms with van der Waals surface area (Å²) in [5.74, 6) is 2.53. The van der Waals surface area contributed by atoms with E-state index in [-0.39, 0.29) is 27.7 Å². The minimum Gasteiger partial charge on any atom is -0.493 e. The Balaban J connectivity index is 2.29. The first-order chi connectivity index (χ1) is 17.7. The summed E-state index contributed by atoms with van der Waals surface area (Å²) >= 11 is 0. The van der Waals surface area contributed by atoms with Crippen LogP contribution >= 0.6 is 0 Å². The summed E-state index contributed by atoms with van der Waals surface area (Å²) < 4.78 is 39.5. The van der Waals surface area contributed by atoms with Crippen LogP contribution in [0.1, 0.15) is 38.3 Å². The maximum absolute atomic E-state index is 10.1. The summed E-state index contributed by atoms with van der Waals surface area (Å²) in [5, 5.41) is 13.7. The van der Waals surface area contributed by atoms with Gasteiger partial charge in [-0.1, -0.05) is 32.0 Å². The predicted octanol–water partition coefficient (Wildman–Crippen LogP) is 5.07. The number of rotatable bonds is 11. The third kappa shape index (κ3) is 6.38. The molecule has 1 aliphatic carbocycles. The van der Waals surface area contributed by atoms with E-state index in [9.17, 15) is 5.21 Å². The van der Waals surface area contributed by atoms with Gasteiger partial charge in [0, 0.05) is 19.1 Å². The SMILES string of the molecule is COCOc1cc(C2=C(c3cc(OC)c(OC)c(OC)c3)/C(=N\O)CC2O[Si]C(C)(C)C)ccc1OC. The fraction of sp³-hybridized carbons (Fsp3) is 0.444. The fourth-order valence-electron chi connectivity index (χ4n) is 4.09. The lowest BCUT2D eigenvalue weighted by atomic mass is 9.94. The van der Waals surface area contributed by atoms with Crippen molar-refractivity contribution < 1.29 is 38.1 Å². The van der Waals surface area contributed by atoms with Gasteiger partial charge in [-0.15, -0.1) is 0 Å². The molecule has 9 nitrogen and oxygen atoms in total. The van der Waals surface area contributed by atoms with Crippen LogP contribution in [0.4, 0.5) is 0 Å². The number of allylic oxidation sites excluding steroid dienone is 1. The molecule has 200 valence electrons. The van der Waals surface area contributed by atoms with Gasteiger partial charge in [-0.2, -0.15) is 0 Å². The highest BCUT2D eigenvalue weighted by molar-refractivity contribution is 6.36. The number of ether oxygens (including phenoxy) is 6. The first kappa shape index (κ1) is 28.4. The van der Waals surface area contributed by atoms with Gasteiger partial charge in [-0.25, -0.2) is 0 Å². The monoisotopic (exact) mass is 529 g/mol. The van der Waals surface area contributed by atoms with E-state index >= 15 is 0 Å². The molecular weight excluding hydrogens is 494 g/mol. The van der Waals surface area contributed by atoms with Crippen molar-refractivity contribution in [3.63, 3.8) is 0 Å². The Bertz CT molecular complexity index is 1130. The van der Waals surface area contributed by atoms with Crippen LogP contribution in [-0.2, 0) is 9.16 Å². The Morgan fingerprint density at radius 1 is 0.865 bits per heavy atom. The molecule has 0 fully saturated rings. The van der Waals surface area contributed by atoms with E-state index in [1.165, 1.54) is 0 Å². The minimum atomic E-state index is -0.360. The van der Waals surface area contributed by atoms with Gasteiger partial charge >= 0.3 is 0 Å². The van der Waals surface area contributed by atoms with Crippen molar-refractivity contribution >= 4 is 26.6 Å². The smallest absolute Gasteiger partial charge is 0.236 e. The van der Waals surface area contributed by atoms with E-state index in [4.69, 9.17) is 32.8 Å². The quantitative estimate of drug-likeness (QED) is 0.187. The maximum atomic E-state index is 10.1. The molecule has 2 radical (unpaired) electrons. The predicted molar refractivity (Wildman–Crippen MR) is 143 cm³/mol. The molecule has 1 atom stereocenters. The first-order valence-electron chi connectivity index (χ1n) is 11.7. The van der Waals surface area contributed by atoms with Crippen LogP contribution in [-0.4, -0.2) is 69.1 Å². The molecule has 0 saturated carbocycles. The van der Waals surface area contributed by atoms with Gasteiger partial charge in [0.15, 0.2) is 29.8 Å². The Kier molecular flexibility index (Phi) is 9.47. The van der Waals surface area contributed by atoms with Crippen molar-refractivity contribution in [2.45, 2.75) is 38.3 Å². The zero-order chi connectivity index (χ0) is 27.2. The Morgan fingerprint density at radius 2 is 1.49 bits per heavy atom. The Morgan fingerprint density at radius 3 is 2.00 bits per heavy atom. The van der Waals surface area contributed by atoms with E-state index in [1.54, 1.807) is 35.5 Å². The van der Waals surface area contributed by atoms with Crippen LogP contribution in [0.15, 0.2) is 35.5 Å². The van der Waals surface area contributed by atoms with Crippen LogP contribution in [0.2, 0.25) is 5.04 Å². The minimum absolute atomic E-state index is 0.0381. The van der Waals surface area contributed by atoms with E-state index in [1.807, 2.05) is 30.3 Å². The summed E-state index contributed by atoms with van der Waals surface area (Å²) in [6, 6.07) is 9.31. The number of nitrogens with zero attached hydrogens (tertiary/aromatic N) is 1. The summed E-state index contributed by atoms with van der Waals surface area (Å²) in [5.41, 5.74) is 3.62. The first-order valence-corrected chi connectivity index (χ1v) is 12.6. The number of hydrogen-bond donors (Lipinski definition) is 1. The van der Waals surface area contributed by atoms with Gasteiger partial charge < -0.3 is 38.1 Å². The number of methoxy groups -OCH3 is 5. The number of hydrogen-bond acceptors (Lipinski definition) is 9. The molecule has 0 spiro atoms. The molecule has 0 aliphatic heterocycles. The third-order valence-electron chi connectivity index (χ3n) is 5.65. The lowest BCUT2D eigenvalue weighted by molar-refractivity contribution is 0.0491. The maximum Gasteiger partial charge on any atom is 0.236 e. The van der Waals surface area contributed by atoms with Crippen molar-refractivity contribution in [1.29, 1.82) is 0 Å². The van der Waals surface area contributed by atoms with Crippen molar-refractivity contribution in [1.82, 2.24) is 0 Å². The molecule has 2 aromatic carbocycles. The number of benzene rings is 2. The van der Waals surface area contributed by atoms with Crippen LogP contribution in [0.5, 0.6) is 28.7 Å². The summed E-state index contributed by atoms with van der Waals surface area (Å²) in [4.78, 5) is 0. The second-order valence-electron chi connectivity index (χ2n) is 9.33. The molecule has 0 heterocycles. The van der Waals surface area contributed by atoms with Gasteiger partial charge in [0.25, 0.3) is 0 Å². The molecule has 2 aromatic rings. The van der Waals surface area contributed by atoms with E-state index in [0.717, 1.165) is 16.7 Å². The van der Waals surface area contributed by atoms with Crippen molar-refractivity contribution in [3.05, 3.63) is 41.5 Å². The largest absolute Gasteiger partial charge is 0.493 e. The van der Waals surface area contributed by atoms with Crippen molar-refractivity contribution in [2.75, 3.05) is 42.3 Å². The molecule has 3 rings (SSSR count). The van der Waals surface area contributed by atoms with Gasteiger partial charge in [0.2, 0.25) is 15.5 Å². The van der Waals surface area contributed by atoms with Crippen LogP contribution in [0.3, 0.4) is 0 Å². The summed E-state index contributed by atoms with van der Waals surface area (Å²) in [6.45, 7) is 6.42. The van der Waals surface area contributed by atoms with Gasteiger partial charge in [-0.05, 0) is 46.0 Å². The highest BCUT2D eigenvalue weighted by Crippen LogP contribution is 2.47. The lowest BCUT2D eigenvalue weighted by Crippen LogP contribution is -2.21. The molecule has 1 N–H and O–H groups in total. The molecule has 1 aliphatic rings. The summed E-state index contributed by atoms with van der Waals surface area (Å²) in [7, 11) is 8.03. The molecule has 0 aromatic heterocycles. The molecule has 1 unspecified atom stereocenters. The van der Waals surface area contributed by atoms with Crippen LogP contribution < -0.4 is 23.7 Å². The molecule has 0 bridgehead atoms. The zero-order valence-corrected chi connectivity index (χ0v) is 23.6. The average Bonchev–Trinajstić information content (AvgIpc) is 3.27. The normalized spacial score (nSPS) is 16.8. The topological polar surface area (TPSA) is 97.2 Å². The van der Waals surface area contributed by atoms with E-state index in [0.29, 0.717) is 46.5 Å². The highest BCUT2D eigenvalue weighted by atomic mass is 28.2. The molecule has 37 heavy (non-hydrogen) atoms. The molecular formula is C27H35NO8Si. The number of oxime groups is 1. The molecule has 0 saturated heterocycles. The van der Waals surface area contributed by atoms with Crippen molar-refractivity contribution in [2.24, 2.45) is 5.16 Å². The lowest BCUT2D eigenvalue weighted by Gasteiger charge is -2.23. The van der Waals surface area contributed by atoms with E-state index in [2.05, 4.69) is 25.9 Å². The van der Waals surface area contributed by atoms with Crippen molar-refractivity contribution in [3.8, 4) is 28.7 Å². The second kappa shape index (κ2) is 12.4. The highest BCUT2D eigenvalue weighted by Gasteiger charge is 2.36. The van der Waals surface area contributed by atoms with Crippen LogP contribution in [0, 0.1) is 0 Å². The Hall–Kier alpha value is -3.21. The van der Waals surface area contributed by atoms with Crippen LogP contribution in [0.25, 0.3) is 11.1 Å². The zero-order valence-electron chi connectivity index (χ0n) is 22.6. The third-order valence-corrected chi connectivity index (χ3v) is 6.66. The van der Waals surface area contributed by atoms with Gasteiger partial charge in [0.05, 0.1) is 40.3 Å². The fourth-order valence-corrected chi connectivity index (χ4v) is 4.79. The standard InChI is InChI=1S/C27H35NO8Si/c1-27(2,3)37-36-21-14-18(28-29)24(17-12-22(32-6)26(34-8)23(13-17)33-7)25(21)16-9-10-19(31-5)20(11-16)35-15-30-4/h9-13,21,29H,14-15H2,1-8H3/b28-18-. The van der Waals surface area contributed by atoms with Gasteiger partial charge in [0.1, 0.15) is 0 Å². The van der Waals surface area contributed by atoms with E-state index < -0.39 is 0 Å². The molecule has 10 heteroatoms. The molecule has 0 amide bonds. The average molecular weight is 530 g/mol. The second-order valence-corrected chi connectivity index (χ2v) is 11.3. The van der Waals surface area contributed by atoms with Gasteiger partial charge in [-0.3, -0.25) is 0 Å². The Labute approximate surface area is 220 Å². The summed E-state index contributed by atoms with van der Waals surface area (Å²) in [6.07, 6.45) is 0.0301.